The number of hydrogen-bond donors (Lipinski definition) is 2. The lowest BCUT2D eigenvalue weighted by molar-refractivity contribution is -0.110. The van der Waals surface area contributed by atoms with Crippen molar-refractivity contribution < 1.29 is 9.53 Å². The van der Waals surface area contributed by atoms with Gasteiger partial charge in [-0.1, -0.05) is 48.0 Å². The molecule has 0 saturated carbocycles. The summed E-state index contributed by atoms with van der Waals surface area (Å²) in [4.78, 5) is 12.8. The Morgan fingerprint density at radius 3 is 2.50 bits per heavy atom. The molecule has 0 aliphatic carbocycles. The van der Waals surface area contributed by atoms with Crippen molar-refractivity contribution in [3.05, 3.63) is 88.9 Å². The zero-order valence-corrected chi connectivity index (χ0v) is 16.1. The highest BCUT2D eigenvalue weighted by molar-refractivity contribution is 6.38. The van der Waals surface area contributed by atoms with Crippen LogP contribution in [0, 0.1) is 0 Å². The fourth-order valence-corrected chi connectivity index (χ4v) is 3.39. The van der Waals surface area contributed by atoms with Crippen molar-refractivity contribution in [3.8, 4) is 5.75 Å². The van der Waals surface area contributed by atoms with Crippen LogP contribution in [-0.4, -0.2) is 12.5 Å². The van der Waals surface area contributed by atoms with E-state index < -0.39 is 0 Å². The second-order valence-corrected chi connectivity index (χ2v) is 6.78. The van der Waals surface area contributed by atoms with Crippen LogP contribution in [0.2, 0.25) is 5.02 Å². The van der Waals surface area contributed by atoms with E-state index >= 15 is 0 Å². The van der Waals surface area contributed by atoms with E-state index in [1.807, 2.05) is 67.6 Å². The number of rotatable bonds is 5. The van der Waals surface area contributed by atoms with Gasteiger partial charge in [-0.3, -0.25) is 4.79 Å². The lowest BCUT2D eigenvalue weighted by Gasteiger charge is -2.15. The molecule has 1 aliphatic rings. The highest BCUT2D eigenvalue weighted by Gasteiger charge is 2.28. The molecule has 1 aliphatic heterocycles. The maximum absolute atomic E-state index is 12.8. The number of fused-ring (bicyclic) bond motifs is 1. The van der Waals surface area contributed by atoms with Crippen LogP contribution in [0.4, 0.5) is 11.4 Å². The standard InChI is InChI=1S/C23H19ClN2O2/c1-2-28-18-11-9-17(10-12-18)25-22(15-6-4-3-5-7-15)21-19-13-8-16(24)14-20(19)26-23(21)27/h3-14,25H,2H2,1H3,(H,26,27). The van der Waals surface area contributed by atoms with E-state index in [2.05, 4.69) is 10.6 Å². The SMILES string of the molecule is CCOc1ccc(NC(=C2C(=O)Nc3cc(Cl)ccc32)c2ccccc2)cc1. The number of carbonyl (C=O) groups excluding carboxylic acids is 1. The van der Waals surface area contributed by atoms with Crippen LogP contribution in [0.25, 0.3) is 11.3 Å². The van der Waals surface area contributed by atoms with Crippen LogP contribution in [0.15, 0.2) is 72.8 Å². The van der Waals surface area contributed by atoms with E-state index in [0.29, 0.717) is 17.2 Å². The fourth-order valence-electron chi connectivity index (χ4n) is 3.22. The zero-order valence-electron chi connectivity index (χ0n) is 15.3. The number of hydrogen-bond acceptors (Lipinski definition) is 3. The molecule has 0 bridgehead atoms. The molecule has 1 amide bonds. The van der Waals surface area contributed by atoms with Crippen molar-refractivity contribution in [2.45, 2.75) is 6.92 Å². The van der Waals surface area contributed by atoms with Crippen LogP contribution >= 0.6 is 11.6 Å². The van der Waals surface area contributed by atoms with Crippen LogP contribution < -0.4 is 15.4 Å². The highest BCUT2D eigenvalue weighted by Crippen LogP contribution is 2.38. The second kappa shape index (κ2) is 7.79. The molecule has 0 fully saturated rings. The molecular formula is C23H19ClN2O2. The third-order valence-corrected chi connectivity index (χ3v) is 4.71. The first kappa shape index (κ1) is 18.1. The molecule has 1 heterocycles. The lowest BCUT2D eigenvalue weighted by Crippen LogP contribution is -2.10. The van der Waals surface area contributed by atoms with Crippen molar-refractivity contribution >= 4 is 40.2 Å². The summed E-state index contributed by atoms with van der Waals surface area (Å²) in [5, 5.41) is 6.92. The highest BCUT2D eigenvalue weighted by atomic mass is 35.5. The van der Waals surface area contributed by atoms with Crippen LogP contribution in [0.5, 0.6) is 5.75 Å². The Kier molecular flexibility index (Phi) is 5.04. The Hall–Kier alpha value is -3.24. The Morgan fingerprint density at radius 1 is 1.04 bits per heavy atom. The van der Waals surface area contributed by atoms with Gasteiger partial charge < -0.3 is 15.4 Å². The van der Waals surface area contributed by atoms with Crippen LogP contribution in [-0.2, 0) is 4.79 Å². The molecule has 3 aromatic rings. The lowest BCUT2D eigenvalue weighted by atomic mass is 10.00. The minimum Gasteiger partial charge on any atom is -0.494 e. The van der Waals surface area contributed by atoms with Gasteiger partial charge in [-0.05, 0) is 48.9 Å². The summed E-state index contributed by atoms with van der Waals surface area (Å²) in [6.45, 7) is 2.57. The van der Waals surface area contributed by atoms with Gasteiger partial charge in [-0.25, -0.2) is 0 Å². The van der Waals surface area contributed by atoms with E-state index in [0.717, 1.165) is 33.9 Å². The minimum absolute atomic E-state index is 0.158. The molecule has 4 nitrogen and oxygen atoms in total. The summed E-state index contributed by atoms with van der Waals surface area (Å²) in [7, 11) is 0. The number of benzene rings is 3. The largest absolute Gasteiger partial charge is 0.494 e. The van der Waals surface area contributed by atoms with E-state index in [9.17, 15) is 4.79 Å². The fraction of sp³-hybridized carbons (Fsp3) is 0.0870. The van der Waals surface area contributed by atoms with Crippen LogP contribution in [0.1, 0.15) is 18.1 Å². The summed E-state index contributed by atoms with van der Waals surface area (Å²) in [6.07, 6.45) is 0. The number of amides is 1. The Bertz CT molecular complexity index is 1040. The molecular weight excluding hydrogens is 372 g/mol. The van der Waals surface area contributed by atoms with Crippen LogP contribution in [0.3, 0.4) is 0 Å². The molecule has 0 spiro atoms. The van der Waals surface area contributed by atoms with Gasteiger partial charge in [0.1, 0.15) is 5.75 Å². The maximum Gasteiger partial charge on any atom is 0.258 e. The number of anilines is 2. The van der Waals surface area contributed by atoms with Crippen molar-refractivity contribution in [1.29, 1.82) is 0 Å². The predicted molar refractivity (Wildman–Crippen MR) is 115 cm³/mol. The van der Waals surface area contributed by atoms with Gasteiger partial charge >= 0.3 is 0 Å². The molecule has 0 unspecified atom stereocenters. The van der Waals surface area contributed by atoms with Gasteiger partial charge in [-0.15, -0.1) is 0 Å². The van der Waals surface area contributed by atoms with E-state index in [1.165, 1.54) is 0 Å². The maximum atomic E-state index is 12.8. The second-order valence-electron chi connectivity index (χ2n) is 6.34. The van der Waals surface area contributed by atoms with Crippen molar-refractivity contribution in [3.63, 3.8) is 0 Å². The number of carbonyl (C=O) groups is 1. The van der Waals surface area contributed by atoms with E-state index in [1.54, 1.807) is 12.1 Å². The molecule has 0 atom stereocenters. The number of halogens is 1. The van der Waals surface area contributed by atoms with Gasteiger partial charge in [0.25, 0.3) is 5.91 Å². The number of ether oxygens (including phenoxy) is 1. The Labute approximate surface area is 168 Å². The smallest absolute Gasteiger partial charge is 0.258 e. The van der Waals surface area contributed by atoms with Crippen molar-refractivity contribution in [2.24, 2.45) is 0 Å². The average Bonchev–Trinajstić information content (AvgIpc) is 3.03. The third-order valence-electron chi connectivity index (χ3n) is 4.47. The average molecular weight is 391 g/mol. The van der Waals surface area contributed by atoms with Gasteiger partial charge in [0, 0.05) is 16.3 Å². The zero-order chi connectivity index (χ0) is 19.5. The molecule has 2 N–H and O–H groups in total. The topological polar surface area (TPSA) is 50.4 Å². The third kappa shape index (κ3) is 3.59. The molecule has 0 aromatic heterocycles. The normalized spacial score (nSPS) is 14.3. The monoisotopic (exact) mass is 390 g/mol. The van der Waals surface area contributed by atoms with Gasteiger partial charge in [0.2, 0.25) is 0 Å². The first-order chi connectivity index (χ1) is 13.7. The molecule has 0 radical (unpaired) electrons. The van der Waals surface area contributed by atoms with Gasteiger partial charge in [0.15, 0.2) is 0 Å². The van der Waals surface area contributed by atoms with E-state index in [-0.39, 0.29) is 5.91 Å². The van der Waals surface area contributed by atoms with Gasteiger partial charge in [-0.2, -0.15) is 0 Å². The summed E-state index contributed by atoms with van der Waals surface area (Å²) in [6, 6.07) is 22.9. The predicted octanol–water partition coefficient (Wildman–Crippen LogP) is 5.67. The summed E-state index contributed by atoms with van der Waals surface area (Å²) < 4.78 is 5.51. The first-order valence-electron chi connectivity index (χ1n) is 9.06. The van der Waals surface area contributed by atoms with Crippen molar-refractivity contribution in [2.75, 3.05) is 17.2 Å². The minimum atomic E-state index is -0.158. The molecule has 140 valence electrons. The Balaban J connectivity index is 1.81. The molecule has 3 aromatic carbocycles. The first-order valence-corrected chi connectivity index (χ1v) is 9.44. The van der Waals surface area contributed by atoms with E-state index in [4.69, 9.17) is 16.3 Å². The quantitative estimate of drug-likeness (QED) is 0.552. The van der Waals surface area contributed by atoms with Crippen molar-refractivity contribution in [1.82, 2.24) is 0 Å². The Morgan fingerprint density at radius 2 is 1.79 bits per heavy atom. The molecule has 4 rings (SSSR count). The molecule has 5 heteroatoms. The van der Waals surface area contributed by atoms with Gasteiger partial charge in [0.05, 0.1) is 23.6 Å². The summed E-state index contributed by atoms with van der Waals surface area (Å²) >= 11 is 6.09. The summed E-state index contributed by atoms with van der Waals surface area (Å²) in [5.41, 5.74) is 4.66. The molecule has 0 saturated heterocycles. The summed E-state index contributed by atoms with van der Waals surface area (Å²) in [5.74, 6) is 0.648. The number of nitrogens with one attached hydrogen (secondary N) is 2. The molecule has 28 heavy (non-hydrogen) atoms.